The van der Waals surface area contributed by atoms with Crippen molar-refractivity contribution in [2.45, 2.75) is 19.3 Å². The fourth-order valence-corrected chi connectivity index (χ4v) is 3.46. The van der Waals surface area contributed by atoms with Crippen LogP contribution in [0, 0.1) is 11.8 Å². The monoisotopic (exact) mass is 331 g/mol. The Labute approximate surface area is 140 Å². The number of aromatic nitrogens is 1. The van der Waals surface area contributed by atoms with E-state index in [9.17, 15) is 14.4 Å². The van der Waals surface area contributed by atoms with Gasteiger partial charge in [0.05, 0.1) is 11.8 Å². The summed E-state index contributed by atoms with van der Waals surface area (Å²) in [5.41, 5.74) is 0.574. The maximum Gasteiger partial charge on any atom is 0.308 e. The van der Waals surface area contributed by atoms with Crippen molar-refractivity contribution in [1.82, 2.24) is 14.8 Å². The molecule has 0 spiro atoms. The van der Waals surface area contributed by atoms with Crippen LogP contribution in [0.5, 0.6) is 0 Å². The molecule has 3 rings (SSSR count). The largest absolute Gasteiger partial charge is 0.481 e. The van der Waals surface area contributed by atoms with Gasteiger partial charge in [-0.25, -0.2) is 0 Å². The summed E-state index contributed by atoms with van der Waals surface area (Å²) >= 11 is 0. The molecule has 1 aromatic rings. The van der Waals surface area contributed by atoms with Crippen molar-refractivity contribution in [2.24, 2.45) is 11.8 Å². The predicted molar refractivity (Wildman–Crippen MR) is 85.2 cm³/mol. The van der Waals surface area contributed by atoms with E-state index >= 15 is 0 Å². The van der Waals surface area contributed by atoms with E-state index in [4.69, 9.17) is 5.11 Å². The third kappa shape index (κ3) is 3.39. The number of likely N-dealkylation sites (tertiary alicyclic amines) is 2. The van der Waals surface area contributed by atoms with Crippen molar-refractivity contribution >= 4 is 17.8 Å². The fraction of sp³-hybridized carbons (Fsp3) is 0.529. The zero-order valence-corrected chi connectivity index (χ0v) is 13.4. The molecule has 7 nitrogen and oxygen atoms in total. The first kappa shape index (κ1) is 16.4. The fourth-order valence-electron chi connectivity index (χ4n) is 3.46. The predicted octanol–water partition coefficient (Wildman–Crippen LogP) is 0.867. The molecule has 1 aromatic heterocycles. The van der Waals surface area contributed by atoms with E-state index in [-0.39, 0.29) is 24.3 Å². The molecular formula is C17H21N3O4. The van der Waals surface area contributed by atoms with Gasteiger partial charge >= 0.3 is 5.97 Å². The molecule has 0 aliphatic carbocycles. The van der Waals surface area contributed by atoms with Crippen LogP contribution >= 0.6 is 0 Å². The van der Waals surface area contributed by atoms with Gasteiger partial charge < -0.3 is 14.9 Å². The number of hydrogen-bond donors (Lipinski definition) is 1. The molecular weight excluding hydrogens is 310 g/mol. The molecule has 0 aromatic carbocycles. The molecule has 2 saturated heterocycles. The summed E-state index contributed by atoms with van der Waals surface area (Å²) in [4.78, 5) is 43.5. The Bertz CT molecular complexity index is 634. The van der Waals surface area contributed by atoms with Gasteiger partial charge in [0.25, 0.3) is 5.91 Å². The second-order valence-electron chi connectivity index (χ2n) is 6.43. The number of nitrogens with zero attached hydrogens (tertiary/aromatic N) is 3. The summed E-state index contributed by atoms with van der Waals surface area (Å²) in [7, 11) is 0. The highest BCUT2D eigenvalue weighted by molar-refractivity contribution is 5.94. The standard InChI is InChI=1S/C17H21N3O4/c21-15(12-3-6-18-7-4-12)19-8-1-2-13(10-19)16(22)20-9-5-14(11-20)17(23)24/h3-4,6-7,13-14H,1-2,5,8-11H2,(H,23,24). The van der Waals surface area contributed by atoms with Gasteiger partial charge in [-0.2, -0.15) is 0 Å². The van der Waals surface area contributed by atoms with E-state index in [0.717, 1.165) is 12.8 Å². The van der Waals surface area contributed by atoms with Crippen LogP contribution in [-0.2, 0) is 9.59 Å². The second-order valence-corrected chi connectivity index (χ2v) is 6.43. The van der Waals surface area contributed by atoms with E-state index in [2.05, 4.69) is 4.98 Å². The maximum absolute atomic E-state index is 12.7. The summed E-state index contributed by atoms with van der Waals surface area (Å²) in [6, 6.07) is 3.34. The van der Waals surface area contributed by atoms with Gasteiger partial charge in [0.2, 0.25) is 5.91 Å². The van der Waals surface area contributed by atoms with Gasteiger partial charge in [0, 0.05) is 44.1 Å². The summed E-state index contributed by atoms with van der Waals surface area (Å²) in [5.74, 6) is -1.65. The van der Waals surface area contributed by atoms with Crippen molar-refractivity contribution in [3.05, 3.63) is 30.1 Å². The number of carboxylic acid groups (broad SMARTS) is 1. The zero-order chi connectivity index (χ0) is 17.1. The minimum absolute atomic E-state index is 0.0222. The molecule has 2 aliphatic heterocycles. The lowest BCUT2D eigenvalue weighted by molar-refractivity contribution is -0.141. The molecule has 2 aliphatic rings. The number of rotatable bonds is 3. The SMILES string of the molecule is O=C(O)C1CCN(C(=O)C2CCCN(C(=O)c3ccncc3)C2)C1. The molecule has 128 valence electrons. The van der Waals surface area contributed by atoms with E-state index < -0.39 is 11.9 Å². The summed E-state index contributed by atoms with van der Waals surface area (Å²) < 4.78 is 0. The first-order chi connectivity index (χ1) is 11.6. The van der Waals surface area contributed by atoms with Crippen LogP contribution in [0.1, 0.15) is 29.6 Å². The number of amides is 2. The Hall–Kier alpha value is -2.44. The lowest BCUT2D eigenvalue weighted by Crippen LogP contribution is -2.46. The van der Waals surface area contributed by atoms with Crippen LogP contribution < -0.4 is 0 Å². The molecule has 2 atom stereocenters. The van der Waals surface area contributed by atoms with Crippen molar-refractivity contribution < 1.29 is 19.5 Å². The Morgan fingerprint density at radius 1 is 1.00 bits per heavy atom. The molecule has 2 fully saturated rings. The first-order valence-electron chi connectivity index (χ1n) is 8.27. The normalized spacial score (nSPS) is 24.0. The molecule has 0 saturated carbocycles. The van der Waals surface area contributed by atoms with Gasteiger partial charge in [-0.3, -0.25) is 19.4 Å². The van der Waals surface area contributed by atoms with Crippen LogP contribution in [0.3, 0.4) is 0 Å². The quantitative estimate of drug-likeness (QED) is 0.887. The molecule has 3 heterocycles. The zero-order valence-electron chi connectivity index (χ0n) is 13.4. The number of carbonyl (C=O) groups is 3. The lowest BCUT2D eigenvalue weighted by Gasteiger charge is -2.34. The van der Waals surface area contributed by atoms with Crippen molar-refractivity contribution in [2.75, 3.05) is 26.2 Å². The molecule has 24 heavy (non-hydrogen) atoms. The Morgan fingerprint density at radius 3 is 2.38 bits per heavy atom. The van der Waals surface area contributed by atoms with Crippen LogP contribution in [0.4, 0.5) is 0 Å². The summed E-state index contributed by atoms with van der Waals surface area (Å²) in [6.45, 7) is 1.81. The average molecular weight is 331 g/mol. The van der Waals surface area contributed by atoms with Crippen molar-refractivity contribution in [3.63, 3.8) is 0 Å². The third-order valence-corrected chi connectivity index (χ3v) is 4.83. The molecule has 2 amide bonds. The minimum Gasteiger partial charge on any atom is -0.481 e. The minimum atomic E-state index is -0.844. The van der Waals surface area contributed by atoms with Gasteiger partial charge in [-0.15, -0.1) is 0 Å². The Kier molecular flexibility index (Phi) is 4.78. The molecule has 7 heteroatoms. The topological polar surface area (TPSA) is 90.8 Å². The van der Waals surface area contributed by atoms with Crippen molar-refractivity contribution in [3.8, 4) is 0 Å². The van der Waals surface area contributed by atoms with E-state index in [0.29, 0.717) is 31.6 Å². The molecule has 1 N–H and O–H groups in total. The molecule has 0 radical (unpaired) electrons. The van der Waals surface area contributed by atoms with Crippen LogP contribution in [0.25, 0.3) is 0 Å². The van der Waals surface area contributed by atoms with Gasteiger partial charge in [-0.1, -0.05) is 0 Å². The number of carbonyl (C=O) groups excluding carboxylic acids is 2. The van der Waals surface area contributed by atoms with E-state index in [1.165, 1.54) is 0 Å². The summed E-state index contributed by atoms with van der Waals surface area (Å²) in [5, 5.41) is 9.07. The second kappa shape index (κ2) is 6.98. The highest BCUT2D eigenvalue weighted by atomic mass is 16.4. The maximum atomic E-state index is 12.7. The average Bonchev–Trinajstić information content (AvgIpc) is 3.12. The Balaban J connectivity index is 1.62. The number of pyridine rings is 1. The molecule has 2 unspecified atom stereocenters. The number of piperidine rings is 1. The highest BCUT2D eigenvalue weighted by Gasteiger charge is 2.36. The van der Waals surface area contributed by atoms with E-state index in [1.54, 1.807) is 34.3 Å². The van der Waals surface area contributed by atoms with Crippen molar-refractivity contribution in [1.29, 1.82) is 0 Å². The highest BCUT2D eigenvalue weighted by Crippen LogP contribution is 2.24. The van der Waals surface area contributed by atoms with Crippen LogP contribution in [0.2, 0.25) is 0 Å². The Morgan fingerprint density at radius 2 is 1.71 bits per heavy atom. The first-order valence-corrected chi connectivity index (χ1v) is 8.27. The lowest BCUT2D eigenvalue weighted by atomic mass is 9.96. The van der Waals surface area contributed by atoms with E-state index in [1.807, 2.05) is 0 Å². The number of hydrogen-bond acceptors (Lipinski definition) is 4. The van der Waals surface area contributed by atoms with Gasteiger partial charge in [0.1, 0.15) is 0 Å². The number of aliphatic carboxylic acids is 1. The van der Waals surface area contributed by atoms with Gasteiger partial charge in [-0.05, 0) is 31.4 Å². The van der Waals surface area contributed by atoms with Crippen LogP contribution in [0.15, 0.2) is 24.5 Å². The molecule has 0 bridgehead atoms. The smallest absolute Gasteiger partial charge is 0.308 e. The van der Waals surface area contributed by atoms with Crippen LogP contribution in [-0.4, -0.2) is 63.9 Å². The number of carboxylic acids is 1. The third-order valence-electron chi connectivity index (χ3n) is 4.83. The van der Waals surface area contributed by atoms with Gasteiger partial charge in [0.15, 0.2) is 0 Å². The summed E-state index contributed by atoms with van der Waals surface area (Å²) in [6.07, 6.45) is 5.19.